The average molecular weight is 399 g/mol. The molecule has 0 fully saturated rings. The number of nitrogens with one attached hydrogen (secondary N) is 2. The number of nitrogens with zero attached hydrogens (tertiary/aromatic N) is 1. The minimum Gasteiger partial charge on any atom is -0.459 e. The van der Waals surface area contributed by atoms with Crippen LogP contribution in [0.25, 0.3) is 21.7 Å². The molecule has 0 spiro atoms. The molecule has 1 aromatic carbocycles. The Morgan fingerprint density at radius 3 is 3.00 bits per heavy atom. The van der Waals surface area contributed by atoms with E-state index in [9.17, 15) is 9.18 Å². The number of hydrogen-bond acceptors (Lipinski definition) is 5. The van der Waals surface area contributed by atoms with Crippen molar-refractivity contribution in [2.45, 2.75) is 26.4 Å². The van der Waals surface area contributed by atoms with Gasteiger partial charge in [-0.25, -0.2) is 14.2 Å². The normalized spacial score (nSPS) is 12.2. The number of aromatic nitrogens is 1. The van der Waals surface area contributed by atoms with Crippen molar-refractivity contribution in [3.8, 4) is 10.8 Å². The number of hydrogen-bond donors (Lipinski definition) is 2. The second-order valence-corrected chi connectivity index (χ2v) is 7.35. The number of oxazole rings is 1. The molecule has 3 heterocycles. The minimum absolute atomic E-state index is 0.234. The van der Waals surface area contributed by atoms with Crippen molar-refractivity contribution in [2.75, 3.05) is 0 Å². The number of amides is 2. The van der Waals surface area contributed by atoms with Gasteiger partial charge in [-0.2, -0.15) is 0 Å². The molecule has 0 bridgehead atoms. The molecule has 0 radical (unpaired) electrons. The maximum Gasteiger partial charge on any atom is 0.315 e. The molecule has 4 aromatic rings. The van der Waals surface area contributed by atoms with Crippen LogP contribution in [0.1, 0.15) is 30.0 Å². The third-order valence-electron chi connectivity index (χ3n) is 4.39. The Hall–Kier alpha value is -3.13. The van der Waals surface area contributed by atoms with Crippen molar-refractivity contribution in [2.24, 2.45) is 0 Å². The van der Waals surface area contributed by atoms with Crippen molar-refractivity contribution in [1.82, 2.24) is 15.6 Å². The molecule has 8 heteroatoms. The SMILES string of the molecule is Cc1c(C(C)NC(=O)NCc2coc(-c3cccs3)n2)oc2ccc(F)cc12. The van der Waals surface area contributed by atoms with Gasteiger partial charge in [-0.05, 0) is 43.5 Å². The van der Waals surface area contributed by atoms with Crippen LogP contribution in [0.5, 0.6) is 0 Å². The van der Waals surface area contributed by atoms with E-state index in [1.807, 2.05) is 31.4 Å². The highest BCUT2D eigenvalue weighted by molar-refractivity contribution is 7.13. The standard InChI is InChI=1S/C20H18FN3O3S/c1-11-15-8-13(21)5-6-16(15)27-18(11)12(2)23-20(25)22-9-14-10-26-19(24-14)17-4-3-7-28-17/h3-8,10,12H,9H2,1-2H3,(H2,22,23,25). The molecule has 1 unspecified atom stereocenters. The Kier molecular flexibility index (Phi) is 4.87. The van der Waals surface area contributed by atoms with Crippen LogP contribution in [0.15, 0.2) is 50.8 Å². The smallest absolute Gasteiger partial charge is 0.315 e. The summed E-state index contributed by atoms with van der Waals surface area (Å²) in [6.45, 7) is 3.89. The van der Waals surface area contributed by atoms with Crippen molar-refractivity contribution < 1.29 is 18.0 Å². The van der Waals surface area contributed by atoms with Gasteiger partial charge in [-0.1, -0.05) is 6.07 Å². The van der Waals surface area contributed by atoms with Crippen LogP contribution in [0.2, 0.25) is 0 Å². The number of rotatable bonds is 5. The summed E-state index contributed by atoms with van der Waals surface area (Å²) in [7, 11) is 0. The Labute approximate surface area is 164 Å². The number of fused-ring (bicyclic) bond motifs is 1. The van der Waals surface area contributed by atoms with Crippen molar-refractivity contribution in [1.29, 1.82) is 0 Å². The van der Waals surface area contributed by atoms with Gasteiger partial charge >= 0.3 is 6.03 Å². The molecule has 0 aliphatic carbocycles. The lowest BCUT2D eigenvalue weighted by Gasteiger charge is -2.13. The zero-order valence-electron chi connectivity index (χ0n) is 15.3. The van der Waals surface area contributed by atoms with Crippen LogP contribution in [0.4, 0.5) is 9.18 Å². The molecule has 144 valence electrons. The fourth-order valence-electron chi connectivity index (χ4n) is 3.01. The summed E-state index contributed by atoms with van der Waals surface area (Å²) in [4.78, 5) is 17.5. The van der Waals surface area contributed by atoms with E-state index in [0.717, 1.165) is 10.4 Å². The molecular weight excluding hydrogens is 381 g/mol. The maximum absolute atomic E-state index is 13.5. The van der Waals surface area contributed by atoms with Gasteiger partial charge in [0.2, 0.25) is 5.89 Å². The van der Waals surface area contributed by atoms with Crippen molar-refractivity contribution in [3.63, 3.8) is 0 Å². The average Bonchev–Trinajstić information content (AvgIpc) is 3.40. The van der Waals surface area contributed by atoms with E-state index in [-0.39, 0.29) is 24.4 Å². The number of furan rings is 1. The Morgan fingerprint density at radius 2 is 2.21 bits per heavy atom. The third-order valence-corrected chi connectivity index (χ3v) is 5.25. The molecule has 3 aromatic heterocycles. The molecule has 4 rings (SSSR count). The first-order valence-electron chi connectivity index (χ1n) is 8.72. The minimum atomic E-state index is -0.380. The van der Waals surface area contributed by atoms with E-state index in [1.54, 1.807) is 6.07 Å². The summed E-state index contributed by atoms with van der Waals surface area (Å²) >= 11 is 1.53. The molecule has 2 amide bonds. The zero-order chi connectivity index (χ0) is 19.7. The van der Waals surface area contributed by atoms with Gasteiger partial charge in [-0.3, -0.25) is 0 Å². The fourth-order valence-corrected chi connectivity index (χ4v) is 3.67. The highest BCUT2D eigenvalue weighted by Gasteiger charge is 2.19. The second kappa shape index (κ2) is 7.47. The second-order valence-electron chi connectivity index (χ2n) is 6.40. The number of urea groups is 1. The van der Waals surface area contributed by atoms with Gasteiger partial charge in [0.1, 0.15) is 23.4 Å². The number of carbonyl (C=O) groups excluding carboxylic acids is 1. The third kappa shape index (κ3) is 3.63. The topological polar surface area (TPSA) is 80.3 Å². The Balaban J connectivity index is 1.38. The number of thiophene rings is 1. The molecule has 0 saturated carbocycles. The Morgan fingerprint density at radius 1 is 1.36 bits per heavy atom. The molecule has 6 nitrogen and oxygen atoms in total. The zero-order valence-corrected chi connectivity index (χ0v) is 16.1. The molecule has 0 saturated heterocycles. The lowest BCUT2D eigenvalue weighted by molar-refractivity contribution is 0.236. The van der Waals surface area contributed by atoms with Crippen LogP contribution >= 0.6 is 11.3 Å². The summed E-state index contributed by atoms with van der Waals surface area (Å²) in [5.41, 5.74) is 2.02. The summed E-state index contributed by atoms with van der Waals surface area (Å²) in [6, 6.07) is 7.47. The fraction of sp³-hybridized carbons (Fsp3) is 0.200. The van der Waals surface area contributed by atoms with Gasteiger partial charge < -0.3 is 19.5 Å². The van der Waals surface area contributed by atoms with Crippen LogP contribution in [-0.2, 0) is 6.54 Å². The largest absolute Gasteiger partial charge is 0.459 e. The molecule has 2 N–H and O–H groups in total. The van der Waals surface area contributed by atoms with E-state index in [0.29, 0.717) is 28.3 Å². The summed E-state index contributed by atoms with van der Waals surface area (Å²) < 4.78 is 24.7. The first-order chi connectivity index (χ1) is 13.5. The highest BCUT2D eigenvalue weighted by Crippen LogP contribution is 2.30. The van der Waals surface area contributed by atoms with E-state index in [1.165, 1.54) is 29.7 Å². The predicted octanol–water partition coefficient (Wildman–Crippen LogP) is 5.16. The number of benzene rings is 1. The summed E-state index contributed by atoms with van der Waals surface area (Å²) in [6.07, 6.45) is 1.52. The maximum atomic E-state index is 13.5. The van der Waals surface area contributed by atoms with Crippen LogP contribution < -0.4 is 10.6 Å². The first kappa shape index (κ1) is 18.2. The number of carbonyl (C=O) groups is 1. The number of aryl methyl sites for hydroxylation is 1. The Bertz CT molecular complexity index is 1120. The predicted molar refractivity (Wildman–Crippen MR) is 105 cm³/mol. The lowest BCUT2D eigenvalue weighted by Crippen LogP contribution is -2.36. The lowest BCUT2D eigenvalue weighted by atomic mass is 10.1. The summed E-state index contributed by atoms with van der Waals surface area (Å²) in [5, 5.41) is 8.22. The van der Waals surface area contributed by atoms with Crippen molar-refractivity contribution >= 4 is 28.3 Å². The molecule has 0 aliphatic heterocycles. The van der Waals surface area contributed by atoms with Gasteiger partial charge in [0.05, 0.1) is 23.2 Å². The van der Waals surface area contributed by atoms with Crippen LogP contribution in [0.3, 0.4) is 0 Å². The van der Waals surface area contributed by atoms with Gasteiger partial charge in [0.25, 0.3) is 0 Å². The van der Waals surface area contributed by atoms with Crippen LogP contribution in [-0.4, -0.2) is 11.0 Å². The van der Waals surface area contributed by atoms with E-state index in [2.05, 4.69) is 15.6 Å². The number of halogens is 1. The molecular formula is C20H18FN3O3S. The summed E-state index contributed by atoms with van der Waals surface area (Å²) in [5.74, 6) is 0.804. The van der Waals surface area contributed by atoms with E-state index in [4.69, 9.17) is 8.83 Å². The van der Waals surface area contributed by atoms with Gasteiger partial charge in [0.15, 0.2) is 0 Å². The quantitative estimate of drug-likeness (QED) is 0.486. The van der Waals surface area contributed by atoms with Gasteiger partial charge in [-0.15, -0.1) is 11.3 Å². The van der Waals surface area contributed by atoms with Crippen molar-refractivity contribution in [3.05, 3.63) is 64.8 Å². The monoisotopic (exact) mass is 399 g/mol. The molecule has 28 heavy (non-hydrogen) atoms. The molecule has 1 atom stereocenters. The van der Waals surface area contributed by atoms with E-state index >= 15 is 0 Å². The highest BCUT2D eigenvalue weighted by atomic mass is 32.1. The van der Waals surface area contributed by atoms with Gasteiger partial charge in [0, 0.05) is 10.9 Å². The van der Waals surface area contributed by atoms with Crippen LogP contribution in [0, 0.1) is 12.7 Å². The van der Waals surface area contributed by atoms with E-state index < -0.39 is 0 Å². The molecule has 0 aliphatic rings. The first-order valence-corrected chi connectivity index (χ1v) is 9.60.